The van der Waals surface area contributed by atoms with Crippen LogP contribution < -0.4 is 15.2 Å². The third-order valence-corrected chi connectivity index (χ3v) is 9.00. The molecule has 39 heavy (non-hydrogen) atoms. The average Bonchev–Trinajstić information content (AvgIpc) is 3.28. The van der Waals surface area contributed by atoms with Gasteiger partial charge in [0.2, 0.25) is 0 Å². The van der Waals surface area contributed by atoms with Crippen molar-refractivity contribution in [1.82, 2.24) is 4.90 Å². The zero-order valence-corrected chi connectivity index (χ0v) is 22.4. The second-order valence-corrected chi connectivity index (χ2v) is 11.1. The normalized spacial score (nSPS) is 29.8. The molecular weight excluding hydrogens is 500 g/mol. The molecule has 0 saturated carbocycles. The highest BCUT2D eigenvalue weighted by atomic mass is 16.6. The minimum Gasteiger partial charge on any atom is -0.493 e. The fraction of sp³-hybridized carbons (Fsp3) is 0.467. The second-order valence-electron chi connectivity index (χ2n) is 11.1. The van der Waals surface area contributed by atoms with Crippen LogP contribution in [0.4, 0.5) is 0 Å². The number of piperidine rings is 1. The van der Waals surface area contributed by atoms with E-state index in [0.717, 1.165) is 23.2 Å². The Morgan fingerprint density at radius 3 is 2.72 bits per heavy atom. The first kappa shape index (κ1) is 25.9. The maximum Gasteiger partial charge on any atom is 0.352 e. The van der Waals surface area contributed by atoms with Gasteiger partial charge in [-0.15, -0.1) is 0 Å². The molecule has 2 aromatic rings. The molecular formula is C30H34N2O7. The third-order valence-electron chi connectivity index (χ3n) is 9.00. The van der Waals surface area contributed by atoms with Crippen LogP contribution >= 0.6 is 0 Å². The molecule has 9 heteroatoms. The van der Waals surface area contributed by atoms with Crippen LogP contribution in [0.15, 0.2) is 54.3 Å². The van der Waals surface area contributed by atoms with E-state index < -0.39 is 41.2 Å². The maximum atomic E-state index is 13.1. The van der Waals surface area contributed by atoms with Crippen molar-refractivity contribution >= 4 is 11.9 Å². The lowest BCUT2D eigenvalue weighted by Crippen LogP contribution is -2.74. The van der Waals surface area contributed by atoms with Gasteiger partial charge in [-0.05, 0) is 63.0 Å². The molecule has 2 aliphatic heterocycles. The lowest BCUT2D eigenvalue weighted by atomic mass is 9.50. The van der Waals surface area contributed by atoms with Gasteiger partial charge in [0.05, 0.1) is 18.1 Å². The molecule has 1 spiro atoms. The summed E-state index contributed by atoms with van der Waals surface area (Å²) in [5, 5.41) is 12.3. The number of hydrogen-bond acceptors (Lipinski definition) is 9. The summed E-state index contributed by atoms with van der Waals surface area (Å²) in [4.78, 5) is 28.0. The number of nitrogens with zero attached hydrogens (tertiary/aromatic N) is 1. The number of likely N-dealkylation sites (tertiary alicyclic amines) is 1. The zero-order valence-electron chi connectivity index (χ0n) is 22.4. The van der Waals surface area contributed by atoms with Crippen LogP contribution in [0.5, 0.6) is 11.5 Å². The minimum atomic E-state index is -1.18. The van der Waals surface area contributed by atoms with Crippen molar-refractivity contribution in [2.45, 2.75) is 67.9 Å². The Balaban J connectivity index is 1.24. The fourth-order valence-electron chi connectivity index (χ4n) is 7.05. The summed E-state index contributed by atoms with van der Waals surface area (Å²) in [5.41, 5.74) is 7.11. The molecule has 9 nitrogen and oxygen atoms in total. The molecule has 2 aliphatic carbocycles. The summed E-state index contributed by atoms with van der Waals surface area (Å²) >= 11 is 0. The Hall–Kier alpha value is -3.40. The number of ether oxygens (including phenoxy) is 4. The van der Waals surface area contributed by atoms with Gasteiger partial charge in [-0.25, -0.2) is 4.79 Å². The van der Waals surface area contributed by atoms with Crippen LogP contribution in [0.3, 0.4) is 0 Å². The number of rotatable bonds is 7. The molecule has 6 rings (SSSR count). The largest absolute Gasteiger partial charge is 0.493 e. The SMILES string of the molecule is COc1ccc2c3c1OC1C(OC(=O)[C@H](C)OC(=O)[C@@H](N)Cc4ccccc4)=CC[C@@]4(O)[C@@H](C2)N(C)CCC314. The van der Waals surface area contributed by atoms with Crippen molar-refractivity contribution in [2.24, 2.45) is 5.73 Å². The Morgan fingerprint density at radius 2 is 1.97 bits per heavy atom. The highest BCUT2D eigenvalue weighted by Crippen LogP contribution is 2.65. The molecule has 0 radical (unpaired) electrons. The molecule has 2 bridgehead atoms. The number of carbonyl (C=O) groups excluding carboxylic acids is 2. The minimum absolute atomic E-state index is 0.108. The van der Waals surface area contributed by atoms with Gasteiger partial charge in [-0.2, -0.15) is 0 Å². The van der Waals surface area contributed by atoms with Crippen molar-refractivity contribution in [3.8, 4) is 11.5 Å². The number of carbonyl (C=O) groups is 2. The zero-order chi connectivity index (χ0) is 27.5. The molecule has 2 heterocycles. The molecule has 2 unspecified atom stereocenters. The Kier molecular flexibility index (Phi) is 6.21. The van der Waals surface area contributed by atoms with Crippen LogP contribution in [-0.2, 0) is 37.3 Å². The lowest BCUT2D eigenvalue weighted by Gasteiger charge is -2.61. The Morgan fingerprint density at radius 1 is 1.21 bits per heavy atom. The van der Waals surface area contributed by atoms with Gasteiger partial charge in [-0.1, -0.05) is 36.4 Å². The van der Waals surface area contributed by atoms with Crippen molar-refractivity contribution in [2.75, 3.05) is 20.7 Å². The number of nitrogens with two attached hydrogens (primary N) is 1. The Labute approximate surface area is 227 Å². The molecule has 6 atom stereocenters. The summed E-state index contributed by atoms with van der Waals surface area (Å²) in [6.07, 6.45) is 1.76. The van der Waals surface area contributed by atoms with E-state index >= 15 is 0 Å². The van der Waals surface area contributed by atoms with E-state index in [1.807, 2.05) is 49.5 Å². The number of benzene rings is 2. The monoisotopic (exact) mass is 534 g/mol. The van der Waals surface area contributed by atoms with Gasteiger partial charge >= 0.3 is 11.9 Å². The van der Waals surface area contributed by atoms with Gasteiger partial charge in [0, 0.05) is 18.0 Å². The molecule has 1 saturated heterocycles. The Bertz CT molecular complexity index is 1340. The van der Waals surface area contributed by atoms with Gasteiger partial charge < -0.3 is 34.7 Å². The van der Waals surface area contributed by atoms with E-state index in [1.165, 1.54) is 6.92 Å². The van der Waals surface area contributed by atoms with Crippen LogP contribution in [0.2, 0.25) is 0 Å². The van der Waals surface area contributed by atoms with Crippen molar-refractivity contribution in [3.63, 3.8) is 0 Å². The summed E-state index contributed by atoms with van der Waals surface area (Å²) in [6, 6.07) is 12.3. The lowest BCUT2D eigenvalue weighted by molar-refractivity contribution is -0.175. The standard InChI is InChI=1S/C30H34N2O7/c1-17(37-28(34)20(31)15-18-7-5-4-6-8-18)27(33)38-22-11-12-30(35)23-16-19-9-10-21(36-3)25-24(19)29(30,26(22)39-25)13-14-32(23)2/h4-11,17,20,23,26,35H,12-16,31H2,1-3H3/t17-,20-,23+,26?,29?,30+/m0/s1. The number of esters is 2. The van der Waals surface area contributed by atoms with Gasteiger partial charge in [0.15, 0.2) is 23.7 Å². The van der Waals surface area contributed by atoms with Crippen LogP contribution in [-0.4, -0.2) is 72.5 Å². The molecule has 4 aliphatic rings. The molecule has 206 valence electrons. The number of hydrogen-bond donors (Lipinski definition) is 2. The van der Waals surface area contributed by atoms with Crippen molar-refractivity contribution in [3.05, 3.63) is 71.0 Å². The van der Waals surface area contributed by atoms with E-state index in [4.69, 9.17) is 24.7 Å². The molecule has 0 amide bonds. The average molecular weight is 535 g/mol. The molecule has 0 aromatic heterocycles. The van der Waals surface area contributed by atoms with E-state index in [1.54, 1.807) is 13.2 Å². The van der Waals surface area contributed by atoms with Gasteiger partial charge in [0.25, 0.3) is 0 Å². The summed E-state index contributed by atoms with van der Waals surface area (Å²) in [7, 11) is 3.62. The molecule has 1 fully saturated rings. The second kappa shape index (κ2) is 9.36. The van der Waals surface area contributed by atoms with Crippen LogP contribution in [0.1, 0.15) is 36.5 Å². The fourth-order valence-corrected chi connectivity index (χ4v) is 7.05. The predicted molar refractivity (Wildman–Crippen MR) is 141 cm³/mol. The maximum absolute atomic E-state index is 13.1. The third kappa shape index (κ3) is 3.78. The highest BCUT2D eigenvalue weighted by molar-refractivity contribution is 5.82. The van der Waals surface area contributed by atoms with Crippen molar-refractivity contribution < 1.29 is 33.6 Å². The first-order valence-corrected chi connectivity index (χ1v) is 13.4. The molecule has 2 aromatic carbocycles. The predicted octanol–water partition coefficient (Wildman–Crippen LogP) is 2.02. The summed E-state index contributed by atoms with van der Waals surface area (Å²) < 4.78 is 23.4. The topological polar surface area (TPSA) is 121 Å². The van der Waals surface area contributed by atoms with E-state index in [0.29, 0.717) is 42.9 Å². The summed E-state index contributed by atoms with van der Waals surface area (Å²) in [5.74, 6) is 0.0819. The van der Waals surface area contributed by atoms with Gasteiger partial charge in [0.1, 0.15) is 11.8 Å². The van der Waals surface area contributed by atoms with Crippen LogP contribution in [0.25, 0.3) is 0 Å². The molecule has 3 N–H and O–H groups in total. The van der Waals surface area contributed by atoms with Crippen LogP contribution in [0, 0.1) is 0 Å². The summed E-state index contributed by atoms with van der Waals surface area (Å²) in [6.45, 7) is 2.22. The van der Waals surface area contributed by atoms with Gasteiger partial charge in [-0.3, -0.25) is 4.79 Å². The number of aliphatic hydroxyl groups is 1. The van der Waals surface area contributed by atoms with Crippen molar-refractivity contribution in [1.29, 1.82) is 0 Å². The number of likely N-dealkylation sites (N-methyl/N-ethyl adjacent to an activating group) is 1. The first-order chi connectivity index (χ1) is 18.7. The number of methoxy groups -OCH3 is 1. The van der Waals surface area contributed by atoms with E-state index in [9.17, 15) is 14.7 Å². The highest BCUT2D eigenvalue weighted by Gasteiger charge is 2.72. The smallest absolute Gasteiger partial charge is 0.352 e. The quantitative estimate of drug-likeness (QED) is 0.514. The van der Waals surface area contributed by atoms with E-state index in [2.05, 4.69) is 4.90 Å². The first-order valence-electron chi connectivity index (χ1n) is 13.4. The van der Waals surface area contributed by atoms with E-state index in [-0.39, 0.29) is 6.04 Å².